The van der Waals surface area contributed by atoms with E-state index in [1.807, 2.05) is 20.8 Å². The monoisotopic (exact) mass is 365 g/mol. The Morgan fingerprint density at radius 1 is 1.12 bits per heavy atom. The van der Waals surface area contributed by atoms with Gasteiger partial charge in [-0.2, -0.15) is 0 Å². The van der Waals surface area contributed by atoms with Crippen molar-refractivity contribution in [3.63, 3.8) is 0 Å². The lowest BCUT2D eigenvalue weighted by atomic mass is 10.1. The first-order chi connectivity index (χ1) is 12.2. The van der Waals surface area contributed by atoms with Crippen LogP contribution in [-0.2, 0) is 9.47 Å². The maximum atomic E-state index is 12.1. The first-order valence-electron chi connectivity index (χ1n) is 8.64. The summed E-state index contributed by atoms with van der Waals surface area (Å²) < 4.78 is 21.3. The van der Waals surface area contributed by atoms with Crippen molar-refractivity contribution < 1.29 is 28.5 Å². The second kappa shape index (κ2) is 8.29. The fourth-order valence-corrected chi connectivity index (χ4v) is 2.70. The van der Waals surface area contributed by atoms with Gasteiger partial charge in [-0.15, -0.1) is 0 Å². The molecular formula is C19H27NO6. The summed E-state index contributed by atoms with van der Waals surface area (Å²) in [6, 6.07) is 5.01. The van der Waals surface area contributed by atoms with Gasteiger partial charge in [0.25, 0.3) is 0 Å². The van der Waals surface area contributed by atoms with E-state index in [1.54, 1.807) is 23.1 Å². The number of nitrogens with zero attached hydrogens (tertiary/aromatic N) is 1. The molecule has 0 aromatic heterocycles. The van der Waals surface area contributed by atoms with Crippen LogP contribution >= 0.6 is 0 Å². The largest absolute Gasteiger partial charge is 0.496 e. The van der Waals surface area contributed by atoms with Gasteiger partial charge in [0, 0.05) is 32.0 Å². The molecule has 0 atom stereocenters. The SMILES string of the molecule is COC(=O)c1ccc(OC2CCN(C(=O)OC(C)(C)C)CC2)cc1OC. The van der Waals surface area contributed by atoms with Crippen LogP contribution in [0.2, 0.25) is 0 Å². The van der Waals surface area contributed by atoms with E-state index in [2.05, 4.69) is 0 Å². The molecule has 1 saturated heterocycles. The standard InChI is InChI=1S/C19H27NO6/c1-19(2,3)26-18(22)20-10-8-13(9-11-20)25-14-6-7-15(17(21)24-5)16(12-14)23-4/h6-7,12-13H,8-11H2,1-5H3. The van der Waals surface area contributed by atoms with Gasteiger partial charge in [0.2, 0.25) is 0 Å². The summed E-state index contributed by atoms with van der Waals surface area (Å²) in [5.74, 6) is 0.560. The maximum absolute atomic E-state index is 12.1. The number of esters is 1. The molecule has 7 nitrogen and oxygen atoms in total. The Kier molecular flexibility index (Phi) is 6.34. The van der Waals surface area contributed by atoms with E-state index in [1.165, 1.54) is 14.2 Å². The van der Waals surface area contributed by atoms with Crippen LogP contribution in [0.3, 0.4) is 0 Å². The van der Waals surface area contributed by atoms with Crippen LogP contribution in [0.15, 0.2) is 18.2 Å². The molecule has 1 heterocycles. The van der Waals surface area contributed by atoms with Gasteiger partial charge in [0.05, 0.1) is 14.2 Å². The number of methoxy groups -OCH3 is 2. The molecule has 0 bridgehead atoms. The molecule has 1 aliphatic heterocycles. The predicted octanol–water partition coefficient (Wildman–Crippen LogP) is 3.26. The van der Waals surface area contributed by atoms with Gasteiger partial charge in [-0.05, 0) is 32.9 Å². The summed E-state index contributed by atoms with van der Waals surface area (Å²) in [4.78, 5) is 25.5. The Hall–Kier alpha value is -2.44. The van der Waals surface area contributed by atoms with Crippen molar-refractivity contribution in [2.75, 3.05) is 27.3 Å². The van der Waals surface area contributed by atoms with E-state index in [-0.39, 0.29) is 12.2 Å². The van der Waals surface area contributed by atoms with Crippen LogP contribution in [0.4, 0.5) is 4.79 Å². The summed E-state index contributed by atoms with van der Waals surface area (Å²) in [7, 11) is 2.81. The average molecular weight is 365 g/mol. The highest BCUT2D eigenvalue weighted by Gasteiger charge is 2.27. The fraction of sp³-hybridized carbons (Fsp3) is 0.579. The number of rotatable bonds is 4. The summed E-state index contributed by atoms with van der Waals surface area (Å²) in [6.07, 6.45) is 1.11. The first-order valence-corrected chi connectivity index (χ1v) is 8.64. The molecule has 1 fully saturated rings. The number of likely N-dealkylation sites (tertiary alicyclic amines) is 1. The smallest absolute Gasteiger partial charge is 0.410 e. The molecule has 0 unspecified atom stereocenters. The van der Waals surface area contributed by atoms with E-state index in [9.17, 15) is 9.59 Å². The number of carbonyl (C=O) groups excluding carboxylic acids is 2. The van der Waals surface area contributed by atoms with Crippen molar-refractivity contribution in [3.05, 3.63) is 23.8 Å². The molecule has 0 aliphatic carbocycles. The molecule has 0 saturated carbocycles. The van der Waals surface area contributed by atoms with Crippen LogP contribution in [0.5, 0.6) is 11.5 Å². The lowest BCUT2D eigenvalue weighted by Gasteiger charge is -2.33. The second-order valence-electron chi connectivity index (χ2n) is 7.14. The van der Waals surface area contributed by atoms with Crippen molar-refractivity contribution in [2.24, 2.45) is 0 Å². The third kappa shape index (κ3) is 5.28. The van der Waals surface area contributed by atoms with Crippen molar-refractivity contribution in [1.29, 1.82) is 0 Å². The Labute approximate surface area is 154 Å². The normalized spacial score (nSPS) is 15.3. The number of carbonyl (C=O) groups is 2. The van der Waals surface area contributed by atoms with E-state index in [0.717, 1.165) is 0 Å². The highest BCUT2D eigenvalue weighted by molar-refractivity contribution is 5.92. The molecular weight excluding hydrogens is 338 g/mol. The molecule has 7 heteroatoms. The van der Waals surface area contributed by atoms with Crippen LogP contribution in [-0.4, -0.2) is 56.0 Å². The van der Waals surface area contributed by atoms with Crippen LogP contribution in [0, 0.1) is 0 Å². The first kappa shape index (κ1) is 19.9. The summed E-state index contributed by atoms with van der Waals surface area (Å²) in [5.41, 5.74) is -0.148. The van der Waals surface area contributed by atoms with Crippen molar-refractivity contribution in [3.8, 4) is 11.5 Å². The van der Waals surface area contributed by atoms with Gasteiger partial charge >= 0.3 is 12.1 Å². The number of amides is 1. The zero-order chi connectivity index (χ0) is 19.3. The Morgan fingerprint density at radius 2 is 1.77 bits per heavy atom. The number of piperidine rings is 1. The third-order valence-electron chi connectivity index (χ3n) is 3.97. The summed E-state index contributed by atoms with van der Waals surface area (Å²) in [5, 5.41) is 0. The number of ether oxygens (including phenoxy) is 4. The number of hydrogen-bond donors (Lipinski definition) is 0. The van der Waals surface area contributed by atoms with Crippen LogP contribution in [0.25, 0.3) is 0 Å². The molecule has 1 aromatic carbocycles. The number of benzene rings is 1. The molecule has 1 aliphatic rings. The van der Waals surface area contributed by atoms with Crippen molar-refractivity contribution in [2.45, 2.75) is 45.3 Å². The Morgan fingerprint density at radius 3 is 2.31 bits per heavy atom. The molecule has 1 amide bonds. The van der Waals surface area contributed by atoms with Gasteiger partial charge in [0.15, 0.2) is 0 Å². The van der Waals surface area contributed by atoms with E-state index in [0.29, 0.717) is 43.0 Å². The maximum Gasteiger partial charge on any atom is 0.410 e. The molecule has 26 heavy (non-hydrogen) atoms. The van der Waals surface area contributed by atoms with Gasteiger partial charge in [0.1, 0.15) is 28.8 Å². The van der Waals surface area contributed by atoms with E-state index >= 15 is 0 Å². The second-order valence-corrected chi connectivity index (χ2v) is 7.14. The molecule has 0 radical (unpaired) electrons. The highest BCUT2D eigenvalue weighted by atomic mass is 16.6. The molecule has 2 rings (SSSR count). The predicted molar refractivity (Wildman–Crippen MR) is 95.8 cm³/mol. The molecule has 0 N–H and O–H groups in total. The Balaban J connectivity index is 1.93. The minimum Gasteiger partial charge on any atom is -0.496 e. The van der Waals surface area contributed by atoms with Crippen molar-refractivity contribution in [1.82, 2.24) is 4.90 Å². The zero-order valence-electron chi connectivity index (χ0n) is 16.0. The lowest BCUT2D eigenvalue weighted by Crippen LogP contribution is -2.44. The minimum atomic E-state index is -0.498. The van der Waals surface area contributed by atoms with Gasteiger partial charge in [-0.3, -0.25) is 0 Å². The average Bonchev–Trinajstić information content (AvgIpc) is 2.60. The Bertz CT molecular complexity index is 644. The zero-order valence-corrected chi connectivity index (χ0v) is 16.0. The van der Waals surface area contributed by atoms with E-state index < -0.39 is 11.6 Å². The van der Waals surface area contributed by atoms with Gasteiger partial charge in [-0.25, -0.2) is 9.59 Å². The highest BCUT2D eigenvalue weighted by Crippen LogP contribution is 2.27. The summed E-state index contributed by atoms with van der Waals surface area (Å²) in [6.45, 7) is 6.72. The quantitative estimate of drug-likeness (QED) is 0.763. The molecule has 0 spiro atoms. The van der Waals surface area contributed by atoms with E-state index in [4.69, 9.17) is 18.9 Å². The molecule has 144 valence electrons. The van der Waals surface area contributed by atoms with Crippen molar-refractivity contribution >= 4 is 12.1 Å². The number of hydrogen-bond acceptors (Lipinski definition) is 6. The van der Waals surface area contributed by atoms with Gasteiger partial charge < -0.3 is 23.8 Å². The van der Waals surface area contributed by atoms with Crippen LogP contribution < -0.4 is 9.47 Å². The third-order valence-corrected chi connectivity index (χ3v) is 3.97. The van der Waals surface area contributed by atoms with Gasteiger partial charge in [-0.1, -0.05) is 0 Å². The topological polar surface area (TPSA) is 74.3 Å². The lowest BCUT2D eigenvalue weighted by molar-refractivity contribution is 0.0126. The molecule has 1 aromatic rings. The minimum absolute atomic E-state index is 0.0117. The fourth-order valence-electron chi connectivity index (χ4n) is 2.70. The van der Waals surface area contributed by atoms with Crippen LogP contribution in [0.1, 0.15) is 44.0 Å². The summed E-state index contributed by atoms with van der Waals surface area (Å²) >= 11 is 0.